The summed E-state index contributed by atoms with van der Waals surface area (Å²) < 4.78 is 0. The van der Waals surface area contributed by atoms with Crippen LogP contribution in [0.2, 0.25) is 5.82 Å². The van der Waals surface area contributed by atoms with Gasteiger partial charge in [-0.2, -0.15) is 0 Å². The minimum atomic E-state index is -0.206. The van der Waals surface area contributed by atoms with E-state index >= 15 is 0 Å². The molecule has 0 amide bonds. The van der Waals surface area contributed by atoms with Crippen molar-refractivity contribution in [1.29, 1.82) is 0 Å². The van der Waals surface area contributed by atoms with Crippen LogP contribution in [0.4, 0.5) is 0 Å². The Morgan fingerprint density at radius 2 is 2.27 bits per heavy atom. The maximum Gasteiger partial charge on any atom is 0.0790 e. The largest absolute Gasteiger partial charge is 0.397 e. The van der Waals surface area contributed by atoms with Crippen molar-refractivity contribution in [2.75, 3.05) is 6.61 Å². The zero-order valence-electron chi connectivity index (χ0n) is 6.40. The van der Waals surface area contributed by atoms with E-state index in [1.807, 2.05) is 30.4 Å². The molecule has 0 bridgehead atoms. The van der Waals surface area contributed by atoms with Crippen molar-refractivity contribution in [2.24, 2.45) is 0 Å². The van der Waals surface area contributed by atoms with Crippen LogP contribution in [0.1, 0.15) is 6.42 Å². The zero-order valence-corrected chi connectivity index (χ0v) is 6.40. The molecule has 0 aromatic carbocycles. The second kappa shape index (κ2) is 4.19. The van der Waals surface area contributed by atoms with Gasteiger partial charge in [0.05, 0.1) is 7.85 Å². The first-order valence-electron chi connectivity index (χ1n) is 3.73. The quantitative estimate of drug-likeness (QED) is 0.583. The van der Waals surface area contributed by atoms with Gasteiger partial charge in [-0.3, -0.25) is 0 Å². The van der Waals surface area contributed by atoms with Gasteiger partial charge in [0.25, 0.3) is 0 Å². The molecule has 1 atom stereocenters. The monoisotopic (exact) mass is 146 g/mol. The van der Waals surface area contributed by atoms with Crippen molar-refractivity contribution in [3.8, 4) is 0 Å². The van der Waals surface area contributed by atoms with Gasteiger partial charge in [0.15, 0.2) is 0 Å². The summed E-state index contributed by atoms with van der Waals surface area (Å²) in [6.45, 7) is 0.0213. The van der Waals surface area contributed by atoms with Gasteiger partial charge in [-0.25, -0.2) is 0 Å². The predicted octanol–water partition coefficient (Wildman–Crippen LogP) is 1.38. The summed E-state index contributed by atoms with van der Waals surface area (Å²) in [5.41, 5.74) is 1.08. The molecule has 11 heavy (non-hydrogen) atoms. The average Bonchev–Trinajstić information content (AvgIpc) is 2.30. The second-order valence-corrected chi connectivity index (χ2v) is 2.55. The third-order valence-corrected chi connectivity index (χ3v) is 1.70. The van der Waals surface area contributed by atoms with Gasteiger partial charge in [-0.1, -0.05) is 36.0 Å². The normalized spacial score (nSPS) is 19.2. The van der Waals surface area contributed by atoms with Crippen molar-refractivity contribution in [3.05, 3.63) is 36.0 Å². The first-order valence-corrected chi connectivity index (χ1v) is 3.73. The molecule has 1 N–H and O–H groups in total. The Morgan fingerprint density at radius 1 is 1.45 bits per heavy atom. The van der Waals surface area contributed by atoms with Crippen LogP contribution >= 0.6 is 0 Å². The van der Waals surface area contributed by atoms with Crippen LogP contribution in [0.5, 0.6) is 0 Å². The number of aliphatic hydroxyl groups excluding tert-OH is 1. The lowest BCUT2D eigenvalue weighted by molar-refractivity contribution is 0.299. The maximum atomic E-state index is 8.76. The summed E-state index contributed by atoms with van der Waals surface area (Å²) in [5, 5.41) is 8.76. The molecule has 0 aliphatic heterocycles. The van der Waals surface area contributed by atoms with Crippen LogP contribution in [0.25, 0.3) is 0 Å². The third-order valence-electron chi connectivity index (χ3n) is 1.70. The first-order chi connectivity index (χ1) is 5.34. The van der Waals surface area contributed by atoms with Crippen LogP contribution < -0.4 is 0 Å². The molecule has 0 aromatic heterocycles. The van der Waals surface area contributed by atoms with Crippen molar-refractivity contribution < 1.29 is 5.11 Å². The summed E-state index contributed by atoms with van der Waals surface area (Å²) in [7, 11) is 5.63. The van der Waals surface area contributed by atoms with Crippen LogP contribution in [-0.2, 0) is 0 Å². The molecule has 2 heteroatoms. The van der Waals surface area contributed by atoms with E-state index in [2.05, 4.69) is 0 Å². The molecule has 1 aliphatic rings. The van der Waals surface area contributed by atoms with Crippen molar-refractivity contribution in [1.82, 2.24) is 0 Å². The molecule has 0 fully saturated rings. The fourth-order valence-electron chi connectivity index (χ4n) is 0.986. The summed E-state index contributed by atoms with van der Waals surface area (Å²) >= 11 is 0. The van der Waals surface area contributed by atoms with E-state index in [1.54, 1.807) is 0 Å². The van der Waals surface area contributed by atoms with Gasteiger partial charge >= 0.3 is 0 Å². The minimum Gasteiger partial charge on any atom is -0.397 e. The molecular formula is C9H11BO. The highest BCUT2D eigenvalue weighted by atomic mass is 16.3. The van der Waals surface area contributed by atoms with Crippen molar-refractivity contribution in [2.45, 2.75) is 12.2 Å². The third kappa shape index (κ3) is 2.39. The van der Waals surface area contributed by atoms with E-state index < -0.39 is 0 Å². The molecule has 1 unspecified atom stereocenters. The van der Waals surface area contributed by atoms with E-state index in [1.165, 1.54) is 0 Å². The highest BCUT2D eigenvalue weighted by Crippen LogP contribution is 2.18. The van der Waals surface area contributed by atoms with Crippen molar-refractivity contribution in [3.63, 3.8) is 0 Å². The molecule has 0 spiro atoms. The van der Waals surface area contributed by atoms with Gasteiger partial charge < -0.3 is 5.11 Å². The molecule has 0 aromatic rings. The number of allylic oxidation sites excluding steroid dienone is 5. The molecular weight excluding hydrogens is 135 g/mol. The van der Waals surface area contributed by atoms with Gasteiger partial charge in [0, 0.05) is 6.61 Å². The van der Waals surface area contributed by atoms with E-state index in [0.717, 1.165) is 12.0 Å². The maximum absolute atomic E-state index is 8.76. The smallest absolute Gasteiger partial charge is 0.0790 e. The van der Waals surface area contributed by atoms with Crippen molar-refractivity contribution >= 4 is 7.85 Å². The number of hydrogen-bond acceptors (Lipinski definition) is 1. The molecule has 56 valence electrons. The summed E-state index contributed by atoms with van der Waals surface area (Å²) in [6.07, 6.45) is 10.7. The molecule has 0 heterocycles. The van der Waals surface area contributed by atoms with Gasteiger partial charge in [0.1, 0.15) is 0 Å². The van der Waals surface area contributed by atoms with Crippen LogP contribution in [0.15, 0.2) is 36.0 Å². The van der Waals surface area contributed by atoms with Gasteiger partial charge in [-0.15, -0.1) is 0 Å². The minimum absolute atomic E-state index is 0.0213. The van der Waals surface area contributed by atoms with E-state index in [0.29, 0.717) is 0 Å². The summed E-state index contributed by atoms with van der Waals surface area (Å²) in [4.78, 5) is 0. The molecule has 1 aliphatic carbocycles. The summed E-state index contributed by atoms with van der Waals surface area (Å²) in [6, 6.07) is 0. The SMILES string of the molecule is [B]C(CO)C1=CC=CC=CC1. The number of rotatable bonds is 2. The van der Waals surface area contributed by atoms with Crippen LogP contribution in [-0.4, -0.2) is 19.6 Å². The first kappa shape index (κ1) is 8.34. The van der Waals surface area contributed by atoms with E-state index in [4.69, 9.17) is 13.0 Å². The highest BCUT2D eigenvalue weighted by Gasteiger charge is 2.04. The molecule has 0 saturated carbocycles. The molecule has 1 rings (SSSR count). The highest BCUT2D eigenvalue weighted by molar-refractivity contribution is 6.13. The second-order valence-electron chi connectivity index (χ2n) is 2.55. The van der Waals surface area contributed by atoms with Gasteiger partial charge in [-0.05, 0) is 12.2 Å². The Balaban J connectivity index is 2.64. The van der Waals surface area contributed by atoms with E-state index in [-0.39, 0.29) is 12.4 Å². The van der Waals surface area contributed by atoms with Crippen LogP contribution in [0, 0.1) is 0 Å². The van der Waals surface area contributed by atoms with Crippen LogP contribution in [0.3, 0.4) is 0 Å². The molecule has 0 saturated heterocycles. The Morgan fingerprint density at radius 3 is 3.00 bits per heavy atom. The summed E-state index contributed by atoms with van der Waals surface area (Å²) in [5.74, 6) is -0.206. The Bertz CT molecular complexity index is 204. The molecule has 1 nitrogen and oxygen atoms in total. The number of aliphatic hydroxyl groups is 1. The number of hydrogen-bond donors (Lipinski definition) is 1. The standard InChI is InChI=1S/C9H11BO/c10-9(7-11)8-5-3-1-2-4-6-8/h1-5,9,11H,6-7H2. The fourth-order valence-corrected chi connectivity index (χ4v) is 0.986. The lowest BCUT2D eigenvalue weighted by Crippen LogP contribution is -2.01. The predicted molar refractivity (Wildman–Crippen MR) is 47.6 cm³/mol. The Labute approximate surface area is 68.5 Å². The van der Waals surface area contributed by atoms with E-state index in [9.17, 15) is 0 Å². The van der Waals surface area contributed by atoms with Gasteiger partial charge in [0.2, 0.25) is 0 Å². The Kier molecular flexibility index (Phi) is 3.18. The fraction of sp³-hybridized carbons (Fsp3) is 0.333. The Hall–Kier alpha value is -0.755. The average molecular weight is 146 g/mol. The lowest BCUT2D eigenvalue weighted by atomic mass is 9.80. The lowest BCUT2D eigenvalue weighted by Gasteiger charge is -2.10. The zero-order chi connectivity index (χ0) is 8.10. The topological polar surface area (TPSA) is 20.2 Å². The molecule has 2 radical (unpaired) electrons.